The number of benzene rings is 1. The number of nitriles is 1. The summed E-state index contributed by atoms with van der Waals surface area (Å²) in [5.74, 6) is 0. The van der Waals surface area contributed by atoms with E-state index in [4.69, 9.17) is 5.26 Å². The van der Waals surface area contributed by atoms with Crippen LogP contribution in [-0.4, -0.2) is 11.2 Å². The summed E-state index contributed by atoms with van der Waals surface area (Å²) in [5.41, 5.74) is 1.86. The van der Waals surface area contributed by atoms with E-state index < -0.39 is 6.10 Å². The Kier molecular flexibility index (Phi) is 3.90. The highest BCUT2D eigenvalue weighted by Crippen LogP contribution is 2.11. The van der Waals surface area contributed by atoms with Crippen LogP contribution in [0, 0.1) is 11.3 Å². The number of hydrogen-bond acceptors (Lipinski definition) is 2. The minimum atomic E-state index is -0.653. The molecule has 1 aromatic carbocycles. The van der Waals surface area contributed by atoms with E-state index in [1.54, 1.807) is 0 Å². The van der Waals surface area contributed by atoms with Gasteiger partial charge in [-0.1, -0.05) is 36.4 Å². The van der Waals surface area contributed by atoms with E-state index in [-0.39, 0.29) is 6.42 Å². The summed E-state index contributed by atoms with van der Waals surface area (Å²) < 4.78 is 0. The van der Waals surface area contributed by atoms with Gasteiger partial charge in [0.1, 0.15) is 0 Å². The fraction of sp³-hybridized carbons (Fsp3) is 0.250. The molecule has 72 valence electrons. The molecule has 0 heterocycles. The minimum absolute atomic E-state index is 0.148. The van der Waals surface area contributed by atoms with Crippen molar-refractivity contribution in [3.05, 3.63) is 41.5 Å². The fourth-order valence-electron chi connectivity index (χ4n) is 1.16. The molecule has 1 rings (SSSR count). The highest BCUT2D eigenvalue weighted by molar-refractivity contribution is 5.53. The molecule has 0 bridgehead atoms. The van der Waals surface area contributed by atoms with Crippen molar-refractivity contribution >= 4 is 6.08 Å². The molecule has 0 spiro atoms. The second kappa shape index (κ2) is 5.21. The molecular weight excluding hydrogens is 174 g/mol. The van der Waals surface area contributed by atoms with Gasteiger partial charge in [0, 0.05) is 0 Å². The van der Waals surface area contributed by atoms with Gasteiger partial charge in [-0.15, -0.1) is 0 Å². The van der Waals surface area contributed by atoms with Gasteiger partial charge < -0.3 is 5.11 Å². The van der Waals surface area contributed by atoms with Crippen LogP contribution in [0.4, 0.5) is 0 Å². The van der Waals surface area contributed by atoms with Crippen LogP contribution in [-0.2, 0) is 0 Å². The second-order valence-electron chi connectivity index (χ2n) is 3.18. The lowest BCUT2D eigenvalue weighted by molar-refractivity contribution is 0.217. The van der Waals surface area contributed by atoms with E-state index in [0.717, 1.165) is 11.1 Å². The number of rotatable bonds is 3. The normalized spacial score (nSPS) is 13.4. The molecule has 0 radical (unpaired) electrons. The van der Waals surface area contributed by atoms with Crippen LogP contribution < -0.4 is 0 Å². The molecule has 0 amide bonds. The molecule has 0 aliphatic rings. The minimum Gasteiger partial charge on any atom is -0.388 e. The summed E-state index contributed by atoms with van der Waals surface area (Å²) >= 11 is 0. The second-order valence-corrected chi connectivity index (χ2v) is 3.18. The molecule has 0 aromatic heterocycles. The first-order valence-electron chi connectivity index (χ1n) is 4.52. The summed E-state index contributed by atoms with van der Waals surface area (Å²) in [6.45, 7) is 1.83. The van der Waals surface area contributed by atoms with Gasteiger partial charge in [0.15, 0.2) is 0 Å². The third-order valence-corrected chi connectivity index (χ3v) is 2.00. The third kappa shape index (κ3) is 3.04. The van der Waals surface area contributed by atoms with Gasteiger partial charge in [-0.05, 0) is 18.1 Å². The van der Waals surface area contributed by atoms with Crippen molar-refractivity contribution in [1.82, 2.24) is 0 Å². The van der Waals surface area contributed by atoms with E-state index >= 15 is 0 Å². The Hall–Kier alpha value is -1.59. The molecule has 0 saturated heterocycles. The molecule has 1 N–H and O–H groups in total. The summed E-state index contributed by atoms with van der Waals surface area (Å²) in [6.07, 6.45) is 1.39. The molecule has 0 aliphatic carbocycles. The van der Waals surface area contributed by atoms with Gasteiger partial charge in [-0.2, -0.15) is 5.26 Å². The standard InChI is InChI=1S/C12H13NO/c1-10(12(14)7-8-13)9-11-5-3-2-4-6-11/h2-6,9,12,14H,7H2,1H3/b10-9+. The van der Waals surface area contributed by atoms with Crippen molar-refractivity contribution in [3.63, 3.8) is 0 Å². The van der Waals surface area contributed by atoms with Crippen molar-refractivity contribution in [3.8, 4) is 6.07 Å². The van der Waals surface area contributed by atoms with Gasteiger partial charge in [0.25, 0.3) is 0 Å². The number of aliphatic hydroxyl groups excluding tert-OH is 1. The summed E-state index contributed by atoms with van der Waals surface area (Å²) in [5, 5.41) is 17.9. The first-order valence-corrected chi connectivity index (χ1v) is 4.52. The first-order chi connectivity index (χ1) is 6.74. The van der Waals surface area contributed by atoms with Gasteiger partial charge in [-0.3, -0.25) is 0 Å². The molecule has 0 fully saturated rings. The quantitative estimate of drug-likeness (QED) is 0.789. The van der Waals surface area contributed by atoms with Crippen LogP contribution in [0.1, 0.15) is 18.9 Å². The van der Waals surface area contributed by atoms with Crippen molar-refractivity contribution in [2.75, 3.05) is 0 Å². The van der Waals surface area contributed by atoms with Crippen LogP contribution in [0.15, 0.2) is 35.9 Å². The Bertz CT molecular complexity index is 348. The zero-order chi connectivity index (χ0) is 10.4. The summed E-state index contributed by atoms with van der Waals surface area (Å²) in [7, 11) is 0. The largest absolute Gasteiger partial charge is 0.388 e. The predicted molar refractivity (Wildman–Crippen MR) is 56.3 cm³/mol. The lowest BCUT2D eigenvalue weighted by Gasteiger charge is -2.06. The van der Waals surface area contributed by atoms with E-state index in [9.17, 15) is 5.11 Å². The highest BCUT2D eigenvalue weighted by Gasteiger charge is 2.04. The number of hydrogen-bond donors (Lipinski definition) is 1. The molecule has 14 heavy (non-hydrogen) atoms. The Balaban J connectivity index is 2.74. The number of nitrogens with zero attached hydrogens (tertiary/aromatic N) is 1. The molecule has 0 aliphatic heterocycles. The van der Waals surface area contributed by atoms with Gasteiger partial charge in [0.2, 0.25) is 0 Å². The molecule has 2 heteroatoms. The van der Waals surface area contributed by atoms with Crippen LogP contribution in [0.2, 0.25) is 0 Å². The third-order valence-electron chi connectivity index (χ3n) is 2.00. The zero-order valence-electron chi connectivity index (χ0n) is 8.14. The van der Waals surface area contributed by atoms with Crippen molar-refractivity contribution in [2.45, 2.75) is 19.4 Å². The topological polar surface area (TPSA) is 44.0 Å². The molecule has 1 atom stereocenters. The highest BCUT2D eigenvalue weighted by atomic mass is 16.3. The van der Waals surface area contributed by atoms with Crippen LogP contribution in [0.3, 0.4) is 0 Å². The fourth-order valence-corrected chi connectivity index (χ4v) is 1.16. The monoisotopic (exact) mass is 187 g/mol. The van der Waals surface area contributed by atoms with Gasteiger partial charge in [0.05, 0.1) is 18.6 Å². The van der Waals surface area contributed by atoms with E-state index in [1.165, 1.54) is 0 Å². The average Bonchev–Trinajstić information content (AvgIpc) is 2.19. The maximum atomic E-state index is 9.49. The van der Waals surface area contributed by atoms with Crippen molar-refractivity contribution in [2.24, 2.45) is 0 Å². The Labute approximate surface area is 84.1 Å². The van der Waals surface area contributed by atoms with E-state index in [0.29, 0.717) is 0 Å². The molecule has 0 saturated carbocycles. The first kappa shape index (κ1) is 10.5. The Morgan fingerprint density at radius 1 is 1.50 bits per heavy atom. The molecular formula is C12H13NO. The Morgan fingerprint density at radius 3 is 2.71 bits per heavy atom. The molecule has 2 nitrogen and oxygen atoms in total. The number of aliphatic hydroxyl groups is 1. The van der Waals surface area contributed by atoms with E-state index in [2.05, 4.69) is 0 Å². The summed E-state index contributed by atoms with van der Waals surface area (Å²) in [6, 6.07) is 11.7. The lowest BCUT2D eigenvalue weighted by Crippen LogP contribution is -2.06. The predicted octanol–water partition coefficient (Wildman–Crippen LogP) is 2.36. The molecule has 1 aromatic rings. The lowest BCUT2D eigenvalue weighted by atomic mass is 10.1. The summed E-state index contributed by atoms with van der Waals surface area (Å²) in [4.78, 5) is 0. The van der Waals surface area contributed by atoms with E-state index in [1.807, 2.05) is 49.4 Å². The Morgan fingerprint density at radius 2 is 2.14 bits per heavy atom. The van der Waals surface area contributed by atoms with Crippen molar-refractivity contribution < 1.29 is 5.11 Å². The smallest absolute Gasteiger partial charge is 0.0880 e. The van der Waals surface area contributed by atoms with Gasteiger partial charge >= 0.3 is 0 Å². The average molecular weight is 187 g/mol. The van der Waals surface area contributed by atoms with Crippen LogP contribution in [0.5, 0.6) is 0 Å². The maximum Gasteiger partial charge on any atom is 0.0880 e. The van der Waals surface area contributed by atoms with Crippen LogP contribution in [0.25, 0.3) is 6.08 Å². The van der Waals surface area contributed by atoms with Crippen molar-refractivity contribution in [1.29, 1.82) is 5.26 Å². The zero-order valence-corrected chi connectivity index (χ0v) is 8.14. The maximum absolute atomic E-state index is 9.49. The van der Waals surface area contributed by atoms with Crippen LogP contribution >= 0.6 is 0 Å². The SMILES string of the molecule is C/C(=C\c1ccccc1)C(O)CC#N. The van der Waals surface area contributed by atoms with Gasteiger partial charge in [-0.25, -0.2) is 0 Å². The molecule has 1 unspecified atom stereocenters.